The summed E-state index contributed by atoms with van der Waals surface area (Å²) in [5.74, 6) is 0.617. The highest BCUT2D eigenvalue weighted by Gasteiger charge is 2.23. The number of aromatic nitrogens is 1. The molecular weight excluding hydrogens is 404 g/mol. The topological polar surface area (TPSA) is 72.2 Å². The van der Waals surface area contributed by atoms with E-state index in [1.54, 1.807) is 12.1 Å². The minimum atomic E-state index is -3.73. The summed E-state index contributed by atoms with van der Waals surface area (Å²) in [6.07, 6.45) is 3.00. The molecule has 0 amide bonds. The first-order valence-electron chi connectivity index (χ1n) is 7.90. The molecule has 3 aromatic rings. The number of fused-ring (bicyclic) bond motifs is 1. The molecule has 0 unspecified atom stereocenters. The van der Waals surface area contributed by atoms with Crippen molar-refractivity contribution in [3.63, 3.8) is 0 Å². The van der Waals surface area contributed by atoms with Gasteiger partial charge in [0, 0.05) is 5.56 Å². The number of hydrogen-bond donors (Lipinski definition) is 1. The first-order valence-corrected chi connectivity index (χ1v) is 10.2. The number of anilines is 1. The van der Waals surface area contributed by atoms with Crippen molar-refractivity contribution in [2.24, 2.45) is 0 Å². The van der Waals surface area contributed by atoms with Crippen LogP contribution in [-0.4, -0.2) is 13.6 Å². The molecule has 0 radical (unpaired) electrons. The third kappa shape index (κ3) is 3.09. The van der Waals surface area contributed by atoms with Crippen molar-refractivity contribution in [3.05, 3.63) is 64.1 Å². The van der Waals surface area contributed by atoms with Crippen LogP contribution in [0.3, 0.4) is 0 Å². The van der Waals surface area contributed by atoms with Crippen LogP contribution in [0.5, 0.6) is 0 Å². The largest absolute Gasteiger partial charge is 0.353 e. The molecule has 1 heterocycles. The van der Waals surface area contributed by atoms with Crippen LogP contribution in [-0.2, 0) is 22.9 Å². The summed E-state index contributed by atoms with van der Waals surface area (Å²) < 4.78 is 33.7. The SMILES string of the molecule is O=S(=O)(Nc1noc(-c2ccccc2)c1Br)c1ccc2c(c1)CCC2. The number of nitrogens with one attached hydrogen (secondary N) is 1. The molecule has 25 heavy (non-hydrogen) atoms. The van der Waals surface area contributed by atoms with E-state index in [4.69, 9.17) is 4.52 Å². The molecule has 1 aliphatic carbocycles. The van der Waals surface area contributed by atoms with Crippen LogP contribution in [0.25, 0.3) is 11.3 Å². The van der Waals surface area contributed by atoms with Gasteiger partial charge in [-0.05, 0) is 58.5 Å². The Kier molecular flexibility index (Phi) is 4.13. The normalized spacial score (nSPS) is 13.6. The predicted octanol–water partition coefficient (Wildman–Crippen LogP) is 4.39. The molecule has 1 aromatic heterocycles. The first-order chi connectivity index (χ1) is 12.0. The van der Waals surface area contributed by atoms with Crippen molar-refractivity contribution in [2.45, 2.75) is 24.2 Å². The van der Waals surface area contributed by atoms with Crippen molar-refractivity contribution >= 4 is 31.8 Å². The molecule has 1 aliphatic rings. The highest BCUT2D eigenvalue weighted by atomic mass is 79.9. The fourth-order valence-corrected chi connectivity index (χ4v) is 4.67. The Morgan fingerprint density at radius 1 is 1.04 bits per heavy atom. The van der Waals surface area contributed by atoms with E-state index in [1.807, 2.05) is 36.4 Å². The third-order valence-corrected chi connectivity index (χ3v) is 6.36. The average Bonchev–Trinajstić information content (AvgIpc) is 3.22. The second kappa shape index (κ2) is 6.31. The second-order valence-electron chi connectivity index (χ2n) is 5.93. The lowest BCUT2D eigenvalue weighted by Gasteiger charge is -2.07. The monoisotopic (exact) mass is 418 g/mol. The molecular formula is C18H15BrN2O3S. The lowest BCUT2D eigenvalue weighted by Crippen LogP contribution is -2.13. The van der Waals surface area contributed by atoms with Gasteiger partial charge in [-0.2, -0.15) is 0 Å². The van der Waals surface area contributed by atoms with Crippen molar-refractivity contribution in [2.75, 3.05) is 4.72 Å². The van der Waals surface area contributed by atoms with Gasteiger partial charge in [0.1, 0.15) is 4.47 Å². The summed E-state index contributed by atoms with van der Waals surface area (Å²) in [5, 5.41) is 3.86. The molecule has 0 aliphatic heterocycles. The van der Waals surface area contributed by atoms with Gasteiger partial charge in [0.25, 0.3) is 10.0 Å². The molecule has 0 spiro atoms. The minimum absolute atomic E-state index is 0.138. The van der Waals surface area contributed by atoms with E-state index >= 15 is 0 Å². The molecule has 0 saturated carbocycles. The maximum atomic E-state index is 12.7. The predicted molar refractivity (Wildman–Crippen MR) is 98.9 cm³/mol. The summed E-state index contributed by atoms with van der Waals surface area (Å²) in [7, 11) is -3.73. The van der Waals surface area contributed by atoms with Gasteiger partial charge in [-0.1, -0.05) is 41.6 Å². The summed E-state index contributed by atoms with van der Waals surface area (Å²) in [4.78, 5) is 0.240. The lowest BCUT2D eigenvalue weighted by molar-refractivity contribution is 0.435. The highest BCUT2D eigenvalue weighted by Crippen LogP contribution is 2.35. The number of nitrogens with zero attached hydrogens (tertiary/aromatic N) is 1. The highest BCUT2D eigenvalue weighted by molar-refractivity contribution is 9.10. The van der Waals surface area contributed by atoms with Crippen LogP contribution in [0.15, 0.2) is 62.4 Å². The van der Waals surface area contributed by atoms with E-state index < -0.39 is 10.0 Å². The number of sulfonamides is 1. The van der Waals surface area contributed by atoms with Gasteiger partial charge in [0.2, 0.25) is 0 Å². The number of halogens is 1. The Morgan fingerprint density at radius 3 is 2.60 bits per heavy atom. The van der Waals surface area contributed by atoms with Crippen molar-refractivity contribution in [1.29, 1.82) is 0 Å². The molecule has 0 atom stereocenters. The summed E-state index contributed by atoms with van der Waals surface area (Å²) in [6.45, 7) is 0. The van der Waals surface area contributed by atoms with Crippen LogP contribution >= 0.6 is 15.9 Å². The fourth-order valence-electron chi connectivity index (χ4n) is 3.01. The molecule has 2 aromatic carbocycles. The number of benzene rings is 2. The molecule has 5 nitrogen and oxygen atoms in total. The molecule has 0 saturated heterocycles. The molecule has 0 fully saturated rings. The maximum Gasteiger partial charge on any atom is 0.263 e. The zero-order valence-electron chi connectivity index (χ0n) is 13.2. The van der Waals surface area contributed by atoms with Crippen LogP contribution in [0.2, 0.25) is 0 Å². The van der Waals surface area contributed by atoms with E-state index in [0.29, 0.717) is 10.2 Å². The third-order valence-electron chi connectivity index (χ3n) is 4.28. The van der Waals surface area contributed by atoms with Crippen molar-refractivity contribution in [3.8, 4) is 11.3 Å². The number of rotatable bonds is 4. The van der Waals surface area contributed by atoms with Gasteiger partial charge in [0.15, 0.2) is 11.6 Å². The van der Waals surface area contributed by atoms with Crippen molar-refractivity contribution < 1.29 is 12.9 Å². The second-order valence-corrected chi connectivity index (χ2v) is 8.41. The van der Waals surface area contributed by atoms with Gasteiger partial charge in [-0.15, -0.1) is 0 Å². The molecule has 7 heteroatoms. The van der Waals surface area contributed by atoms with Gasteiger partial charge >= 0.3 is 0 Å². The quantitative estimate of drug-likeness (QED) is 0.681. The summed E-state index contributed by atoms with van der Waals surface area (Å²) in [6, 6.07) is 14.6. The molecule has 4 rings (SSSR count). The van der Waals surface area contributed by atoms with E-state index in [9.17, 15) is 8.42 Å². The van der Waals surface area contributed by atoms with Crippen LogP contribution in [0.4, 0.5) is 5.82 Å². The van der Waals surface area contributed by atoms with E-state index in [2.05, 4.69) is 25.8 Å². The van der Waals surface area contributed by atoms with Crippen LogP contribution in [0, 0.1) is 0 Å². The van der Waals surface area contributed by atoms with Gasteiger partial charge in [-0.3, -0.25) is 4.72 Å². The lowest BCUT2D eigenvalue weighted by atomic mass is 10.1. The Bertz CT molecular complexity index is 1030. The number of aryl methyl sites for hydroxylation is 2. The maximum absolute atomic E-state index is 12.7. The van der Waals surface area contributed by atoms with Crippen LogP contribution in [0.1, 0.15) is 17.5 Å². The van der Waals surface area contributed by atoms with Crippen molar-refractivity contribution in [1.82, 2.24) is 5.16 Å². The zero-order valence-corrected chi connectivity index (χ0v) is 15.6. The smallest absolute Gasteiger partial charge is 0.263 e. The fraction of sp³-hybridized carbons (Fsp3) is 0.167. The standard InChI is InChI=1S/C18H15BrN2O3S/c19-16-17(13-5-2-1-3-6-13)24-20-18(16)21-25(22,23)15-10-9-12-7-4-8-14(12)11-15/h1-3,5-6,9-11H,4,7-8H2,(H,20,21). The Balaban J connectivity index is 1.65. The zero-order chi connectivity index (χ0) is 17.4. The molecule has 0 bridgehead atoms. The molecule has 1 N–H and O–H groups in total. The van der Waals surface area contributed by atoms with Gasteiger partial charge in [-0.25, -0.2) is 8.42 Å². The van der Waals surface area contributed by atoms with E-state index in [-0.39, 0.29) is 10.7 Å². The summed E-state index contributed by atoms with van der Waals surface area (Å²) >= 11 is 3.38. The average molecular weight is 419 g/mol. The first kappa shape index (κ1) is 16.4. The van der Waals surface area contributed by atoms with Gasteiger partial charge < -0.3 is 4.52 Å². The molecule has 128 valence electrons. The Morgan fingerprint density at radius 2 is 1.80 bits per heavy atom. The van der Waals surface area contributed by atoms with E-state index in [0.717, 1.165) is 30.4 Å². The Labute approximate surface area is 154 Å². The summed E-state index contributed by atoms with van der Waals surface area (Å²) in [5.41, 5.74) is 3.14. The van der Waals surface area contributed by atoms with E-state index in [1.165, 1.54) is 5.56 Å². The van der Waals surface area contributed by atoms with Gasteiger partial charge in [0.05, 0.1) is 4.90 Å². The van der Waals surface area contributed by atoms with Crippen LogP contribution < -0.4 is 4.72 Å². The minimum Gasteiger partial charge on any atom is -0.353 e. The Hall–Kier alpha value is -2.12. The number of hydrogen-bond acceptors (Lipinski definition) is 4.